The molecule has 0 aliphatic carbocycles. The van der Waals surface area contributed by atoms with E-state index in [0.717, 1.165) is 0 Å². The molecule has 0 amide bonds. The molecule has 0 bridgehead atoms. The van der Waals surface area contributed by atoms with Gasteiger partial charge in [0, 0.05) is 13.1 Å². The Kier molecular flexibility index (Phi) is 139. The lowest BCUT2D eigenvalue weighted by Crippen LogP contribution is -2.11. The fourth-order valence-electron chi connectivity index (χ4n) is 0. The van der Waals surface area contributed by atoms with Crippen molar-refractivity contribution in [3.63, 3.8) is 0 Å². The van der Waals surface area contributed by atoms with Gasteiger partial charge in [0.2, 0.25) is 0 Å². The highest BCUT2D eigenvalue weighted by Gasteiger charge is 1.54. The normalized spacial score (nSPS) is 4.29. The lowest BCUT2D eigenvalue weighted by Gasteiger charge is -1.72. The summed E-state index contributed by atoms with van der Waals surface area (Å²) in [4.78, 5) is 0. The van der Waals surface area contributed by atoms with Crippen LogP contribution < -0.4 is 11.5 Å². The van der Waals surface area contributed by atoms with Gasteiger partial charge in [-0.3, -0.25) is 0 Å². The van der Waals surface area contributed by atoms with Gasteiger partial charge >= 0.3 is 0 Å². The molecule has 0 aromatic carbocycles. The minimum atomic E-state index is 0. The lowest BCUT2D eigenvalue weighted by molar-refractivity contribution is 0.823. The Labute approximate surface area is 48.9 Å². The molecule has 0 fully saturated rings. The first-order valence-corrected chi connectivity index (χ1v) is 1.32. The van der Waals surface area contributed by atoms with Crippen molar-refractivity contribution in [2.75, 3.05) is 13.1 Å². The average Bonchev–Trinajstić information content (AvgIpc) is 1.37. The summed E-state index contributed by atoms with van der Waals surface area (Å²) < 4.78 is 0. The molecule has 0 aliphatic heterocycles. The highest BCUT2D eigenvalue weighted by atomic mass is 35.5. The number of nitrogens with two attached hydrogens (primary N) is 2. The van der Waals surface area contributed by atoms with Gasteiger partial charge in [0.25, 0.3) is 0 Å². The molecule has 8 N–H and O–H groups in total. The van der Waals surface area contributed by atoms with Gasteiger partial charge in [-0.25, -0.2) is 0 Å². The predicted octanol–water partition coefficient (Wildman–Crippen LogP) is -2.32. The first kappa shape index (κ1) is 27.3. The molecule has 0 heterocycles. The second kappa shape index (κ2) is 35.6. The van der Waals surface area contributed by atoms with E-state index in [2.05, 4.69) is 0 Å². The van der Waals surface area contributed by atoms with E-state index in [9.17, 15) is 0 Å². The van der Waals surface area contributed by atoms with Crippen LogP contribution in [0.2, 0.25) is 0 Å². The van der Waals surface area contributed by atoms with Crippen molar-refractivity contribution in [3.8, 4) is 0 Å². The monoisotopic (exact) mass is 132 g/mol. The van der Waals surface area contributed by atoms with Gasteiger partial charge in [0.1, 0.15) is 0 Å². The fourth-order valence-corrected chi connectivity index (χ4v) is 0. The molecule has 0 saturated carbocycles. The molecule has 0 saturated heterocycles. The quantitative estimate of drug-likeness (QED) is 0.417. The summed E-state index contributed by atoms with van der Waals surface area (Å²) in [5.74, 6) is 0. The number of halogens is 1. The molecule has 0 spiro atoms. The van der Waals surface area contributed by atoms with E-state index >= 15 is 0 Å². The number of hydrogen-bond donors (Lipinski definition) is 2. The van der Waals surface area contributed by atoms with Gasteiger partial charge in [-0.15, -0.1) is 12.4 Å². The van der Waals surface area contributed by atoms with Crippen LogP contribution in [0.5, 0.6) is 0 Å². The van der Waals surface area contributed by atoms with Crippen LogP contribution in [0.15, 0.2) is 0 Å². The van der Waals surface area contributed by atoms with Crippen molar-refractivity contribution in [1.82, 2.24) is 0 Å². The molecule has 0 aliphatic rings. The molecule has 0 radical (unpaired) electrons. The standard InChI is InChI=1S/C2H8N2.ClH.2H2O/c3-1-2-4;;;/h1-4H2;1H;2*1H2. The second-order valence-electron chi connectivity index (χ2n) is 0.577. The van der Waals surface area contributed by atoms with Crippen LogP contribution in [-0.2, 0) is 0 Å². The van der Waals surface area contributed by atoms with Crippen molar-refractivity contribution >= 4 is 12.4 Å². The second-order valence-corrected chi connectivity index (χ2v) is 0.577. The third-order valence-electron chi connectivity index (χ3n) is 0.167. The van der Waals surface area contributed by atoms with E-state index in [1.165, 1.54) is 0 Å². The Hall–Kier alpha value is 0.130. The van der Waals surface area contributed by atoms with Crippen molar-refractivity contribution in [1.29, 1.82) is 0 Å². The Morgan fingerprint density at radius 2 is 1.00 bits per heavy atom. The highest BCUT2D eigenvalue weighted by Crippen LogP contribution is 1.24. The van der Waals surface area contributed by atoms with E-state index in [-0.39, 0.29) is 23.4 Å². The molecule has 4 nitrogen and oxygen atoms in total. The van der Waals surface area contributed by atoms with Gasteiger partial charge in [-0.05, 0) is 0 Å². The van der Waals surface area contributed by atoms with Gasteiger partial charge in [0.15, 0.2) is 0 Å². The molecule has 50 valence electrons. The summed E-state index contributed by atoms with van der Waals surface area (Å²) in [5, 5.41) is 0. The molecule has 7 heavy (non-hydrogen) atoms. The first-order chi connectivity index (χ1) is 1.91. The van der Waals surface area contributed by atoms with Crippen LogP contribution in [0.25, 0.3) is 0 Å². The maximum Gasteiger partial charge on any atom is 0.00461 e. The summed E-state index contributed by atoms with van der Waals surface area (Å²) >= 11 is 0. The maximum absolute atomic E-state index is 4.90. The van der Waals surface area contributed by atoms with Crippen LogP contribution >= 0.6 is 12.4 Å². The SMILES string of the molecule is Cl.NCCN.O.O. The zero-order chi connectivity index (χ0) is 3.41. The summed E-state index contributed by atoms with van der Waals surface area (Å²) in [6, 6.07) is 0. The summed E-state index contributed by atoms with van der Waals surface area (Å²) in [6.07, 6.45) is 0. The van der Waals surface area contributed by atoms with Gasteiger partial charge < -0.3 is 22.4 Å². The van der Waals surface area contributed by atoms with Crippen LogP contribution in [0.3, 0.4) is 0 Å². The number of rotatable bonds is 1. The fraction of sp³-hybridized carbons (Fsp3) is 1.00. The van der Waals surface area contributed by atoms with Crippen LogP contribution in [-0.4, -0.2) is 24.0 Å². The Morgan fingerprint density at radius 3 is 1.00 bits per heavy atom. The largest absolute Gasteiger partial charge is 0.412 e. The number of hydrogen-bond acceptors (Lipinski definition) is 2. The topological polar surface area (TPSA) is 115 Å². The molecule has 0 rings (SSSR count). The van der Waals surface area contributed by atoms with E-state index in [0.29, 0.717) is 13.1 Å². The predicted molar refractivity (Wildman–Crippen MR) is 32.6 cm³/mol. The first-order valence-electron chi connectivity index (χ1n) is 1.32. The van der Waals surface area contributed by atoms with Crippen LogP contribution in [0.4, 0.5) is 0 Å². The minimum Gasteiger partial charge on any atom is -0.412 e. The Morgan fingerprint density at radius 1 is 0.857 bits per heavy atom. The summed E-state index contributed by atoms with van der Waals surface area (Å²) in [6.45, 7) is 1.19. The van der Waals surface area contributed by atoms with Crippen LogP contribution in [0.1, 0.15) is 0 Å². The van der Waals surface area contributed by atoms with E-state index in [4.69, 9.17) is 11.5 Å². The molecular weight excluding hydrogens is 119 g/mol. The highest BCUT2D eigenvalue weighted by molar-refractivity contribution is 5.85. The lowest BCUT2D eigenvalue weighted by atomic mass is 10.7. The van der Waals surface area contributed by atoms with E-state index in [1.54, 1.807) is 0 Å². The third kappa shape index (κ3) is 81.9. The Balaban J connectivity index is -0.0000000150. The average molecular weight is 133 g/mol. The summed E-state index contributed by atoms with van der Waals surface area (Å²) in [5.41, 5.74) is 9.81. The van der Waals surface area contributed by atoms with Crippen LogP contribution in [0, 0.1) is 0 Å². The molecule has 0 atom stereocenters. The molecular formula is C2H13ClN2O2. The van der Waals surface area contributed by atoms with Gasteiger partial charge in [0.05, 0.1) is 0 Å². The van der Waals surface area contributed by atoms with Gasteiger partial charge in [-0.1, -0.05) is 0 Å². The zero-order valence-corrected chi connectivity index (χ0v) is 4.79. The summed E-state index contributed by atoms with van der Waals surface area (Å²) in [7, 11) is 0. The van der Waals surface area contributed by atoms with Crippen molar-refractivity contribution in [2.45, 2.75) is 0 Å². The smallest absolute Gasteiger partial charge is 0.00461 e. The van der Waals surface area contributed by atoms with E-state index < -0.39 is 0 Å². The maximum atomic E-state index is 4.90. The van der Waals surface area contributed by atoms with E-state index in [1.807, 2.05) is 0 Å². The third-order valence-corrected chi connectivity index (χ3v) is 0.167. The molecule has 5 heteroatoms. The zero-order valence-electron chi connectivity index (χ0n) is 3.98. The molecule has 0 aromatic heterocycles. The van der Waals surface area contributed by atoms with Gasteiger partial charge in [-0.2, -0.15) is 0 Å². The minimum absolute atomic E-state index is 0. The van der Waals surface area contributed by atoms with Crippen molar-refractivity contribution < 1.29 is 11.0 Å². The van der Waals surface area contributed by atoms with Crippen molar-refractivity contribution in [3.05, 3.63) is 0 Å². The molecule has 0 unspecified atom stereocenters. The molecule has 0 aromatic rings. The van der Waals surface area contributed by atoms with Crippen molar-refractivity contribution in [2.24, 2.45) is 11.5 Å². The Bertz CT molecular complexity index is 15.7.